The summed E-state index contributed by atoms with van der Waals surface area (Å²) in [5, 5.41) is 1.26. The van der Waals surface area contributed by atoms with Gasteiger partial charge in [0.05, 0.1) is 3.79 Å². The third kappa shape index (κ3) is 0.976. The number of halogens is 1. The van der Waals surface area contributed by atoms with Gasteiger partial charge >= 0.3 is 0 Å². The lowest BCUT2D eigenvalue weighted by Gasteiger charge is -1.81. The molecule has 1 aromatic heterocycles. The second-order valence-electron chi connectivity index (χ2n) is 2.01. The zero-order chi connectivity index (χ0) is 6.97. The molecular formula is C8H4BrS. The molecule has 2 heteroatoms. The standard InChI is InChI=1S/C8H4BrS/c9-8-5-6-3-1-2-4-7(6)10-8/h1-3,5H. The van der Waals surface area contributed by atoms with Crippen LogP contribution in [0, 0.1) is 6.07 Å². The third-order valence-corrected chi connectivity index (χ3v) is 2.90. The number of hydrogen-bond acceptors (Lipinski definition) is 1. The highest BCUT2D eigenvalue weighted by atomic mass is 79.9. The van der Waals surface area contributed by atoms with E-state index in [1.54, 1.807) is 11.3 Å². The van der Waals surface area contributed by atoms with Crippen molar-refractivity contribution in [2.24, 2.45) is 0 Å². The van der Waals surface area contributed by atoms with E-state index in [1.807, 2.05) is 12.1 Å². The fraction of sp³-hybridized carbons (Fsp3) is 0. The summed E-state index contributed by atoms with van der Waals surface area (Å²) in [7, 11) is 0. The van der Waals surface area contributed by atoms with E-state index in [-0.39, 0.29) is 0 Å². The quantitative estimate of drug-likeness (QED) is 0.627. The molecular weight excluding hydrogens is 208 g/mol. The molecule has 0 unspecified atom stereocenters. The summed E-state index contributed by atoms with van der Waals surface area (Å²) in [6.07, 6.45) is 0. The molecule has 0 saturated heterocycles. The number of fused-ring (bicyclic) bond motifs is 1. The fourth-order valence-corrected chi connectivity index (χ4v) is 2.37. The normalized spacial score (nSPS) is 10.5. The van der Waals surface area contributed by atoms with Crippen LogP contribution < -0.4 is 0 Å². The van der Waals surface area contributed by atoms with E-state index < -0.39 is 0 Å². The van der Waals surface area contributed by atoms with Gasteiger partial charge in [-0.3, -0.25) is 0 Å². The Morgan fingerprint density at radius 1 is 1.50 bits per heavy atom. The predicted octanol–water partition coefficient (Wildman–Crippen LogP) is 3.46. The number of rotatable bonds is 0. The van der Waals surface area contributed by atoms with Gasteiger partial charge in [0.25, 0.3) is 0 Å². The SMILES string of the molecule is Brc1cc2ccc[c]c2s1. The van der Waals surface area contributed by atoms with Crippen molar-refractivity contribution in [1.82, 2.24) is 0 Å². The molecule has 49 valence electrons. The molecule has 1 aromatic carbocycles. The lowest BCUT2D eigenvalue weighted by Crippen LogP contribution is -1.57. The van der Waals surface area contributed by atoms with Crippen molar-refractivity contribution in [3.05, 3.63) is 34.1 Å². The van der Waals surface area contributed by atoms with Gasteiger partial charge in [0.1, 0.15) is 0 Å². The lowest BCUT2D eigenvalue weighted by molar-refractivity contribution is 1.83. The minimum Gasteiger partial charge on any atom is -0.128 e. The van der Waals surface area contributed by atoms with Gasteiger partial charge in [-0.25, -0.2) is 0 Å². The molecule has 0 atom stereocenters. The first-order valence-corrected chi connectivity index (χ1v) is 4.53. The number of thiophene rings is 1. The van der Waals surface area contributed by atoms with Crippen molar-refractivity contribution in [2.45, 2.75) is 0 Å². The summed E-state index contributed by atoms with van der Waals surface area (Å²) in [6.45, 7) is 0. The van der Waals surface area contributed by atoms with Crippen LogP contribution in [0.1, 0.15) is 0 Å². The van der Waals surface area contributed by atoms with Gasteiger partial charge in [-0.15, -0.1) is 11.3 Å². The van der Waals surface area contributed by atoms with E-state index in [2.05, 4.69) is 34.1 Å². The van der Waals surface area contributed by atoms with Crippen LogP contribution in [-0.2, 0) is 0 Å². The average molecular weight is 212 g/mol. The van der Waals surface area contributed by atoms with Crippen LogP contribution in [0.5, 0.6) is 0 Å². The molecule has 0 spiro atoms. The summed E-state index contributed by atoms with van der Waals surface area (Å²) in [6, 6.07) is 11.3. The molecule has 0 aliphatic carbocycles. The van der Waals surface area contributed by atoms with Gasteiger partial charge in [0.15, 0.2) is 0 Å². The molecule has 1 heterocycles. The molecule has 1 radical (unpaired) electrons. The van der Waals surface area contributed by atoms with Crippen molar-refractivity contribution in [3.63, 3.8) is 0 Å². The van der Waals surface area contributed by atoms with Crippen LogP contribution in [0.2, 0.25) is 0 Å². The monoisotopic (exact) mass is 211 g/mol. The Balaban J connectivity index is 2.88. The topological polar surface area (TPSA) is 0 Å². The van der Waals surface area contributed by atoms with Crippen molar-refractivity contribution in [1.29, 1.82) is 0 Å². The molecule has 2 aromatic rings. The van der Waals surface area contributed by atoms with Crippen molar-refractivity contribution in [3.8, 4) is 0 Å². The summed E-state index contributed by atoms with van der Waals surface area (Å²) >= 11 is 5.14. The first-order valence-electron chi connectivity index (χ1n) is 2.92. The van der Waals surface area contributed by atoms with E-state index >= 15 is 0 Å². The molecule has 0 bridgehead atoms. The Kier molecular flexibility index (Phi) is 1.51. The molecule has 0 N–H and O–H groups in total. The Hall–Kier alpha value is -0.340. The van der Waals surface area contributed by atoms with Crippen LogP contribution in [0.15, 0.2) is 28.1 Å². The minimum atomic E-state index is 1.17. The predicted molar refractivity (Wildman–Crippen MR) is 48.4 cm³/mol. The Morgan fingerprint density at radius 2 is 2.40 bits per heavy atom. The molecule has 0 aliphatic rings. The first-order chi connectivity index (χ1) is 4.86. The largest absolute Gasteiger partial charge is 0.128 e. The molecule has 10 heavy (non-hydrogen) atoms. The molecule has 0 amide bonds. The second kappa shape index (κ2) is 2.36. The highest BCUT2D eigenvalue weighted by molar-refractivity contribution is 9.11. The maximum atomic E-state index is 3.42. The Bertz CT molecular complexity index is 318. The van der Waals surface area contributed by atoms with Gasteiger partial charge in [0.2, 0.25) is 0 Å². The van der Waals surface area contributed by atoms with Gasteiger partial charge in [0, 0.05) is 10.8 Å². The van der Waals surface area contributed by atoms with Crippen LogP contribution >= 0.6 is 27.3 Å². The first kappa shape index (κ1) is 6.38. The zero-order valence-electron chi connectivity index (χ0n) is 5.10. The highest BCUT2D eigenvalue weighted by Gasteiger charge is 1.95. The maximum Gasteiger partial charge on any atom is 0.0711 e. The van der Waals surface area contributed by atoms with Crippen LogP contribution in [-0.4, -0.2) is 0 Å². The minimum absolute atomic E-state index is 1.17. The van der Waals surface area contributed by atoms with Gasteiger partial charge in [-0.05, 0) is 27.4 Å². The van der Waals surface area contributed by atoms with Gasteiger partial charge in [-0.2, -0.15) is 0 Å². The Labute approximate surface area is 71.6 Å². The molecule has 0 saturated carbocycles. The summed E-state index contributed by atoms with van der Waals surface area (Å²) in [5.74, 6) is 0. The summed E-state index contributed by atoms with van der Waals surface area (Å²) < 4.78 is 2.39. The van der Waals surface area contributed by atoms with E-state index in [9.17, 15) is 0 Å². The van der Waals surface area contributed by atoms with Gasteiger partial charge in [-0.1, -0.05) is 18.2 Å². The molecule has 0 nitrogen and oxygen atoms in total. The van der Waals surface area contributed by atoms with Crippen LogP contribution in [0.25, 0.3) is 10.1 Å². The molecule has 2 rings (SSSR count). The number of benzene rings is 1. The fourth-order valence-electron chi connectivity index (χ4n) is 0.886. The Morgan fingerprint density at radius 3 is 3.20 bits per heavy atom. The van der Waals surface area contributed by atoms with Crippen molar-refractivity contribution < 1.29 is 0 Å². The van der Waals surface area contributed by atoms with E-state index in [0.29, 0.717) is 0 Å². The van der Waals surface area contributed by atoms with Crippen molar-refractivity contribution in [2.75, 3.05) is 0 Å². The second-order valence-corrected chi connectivity index (χ2v) is 4.44. The third-order valence-electron chi connectivity index (χ3n) is 1.32. The van der Waals surface area contributed by atoms with Crippen molar-refractivity contribution >= 4 is 37.4 Å². The number of hydrogen-bond donors (Lipinski definition) is 0. The van der Waals surface area contributed by atoms with Gasteiger partial charge < -0.3 is 0 Å². The highest BCUT2D eigenvalue weighted by Crippen LogP contribution is 2.28. The maximum absolute atomic E-state index is 3.42. The average Bonchev–Trinajstić information content (AvgIpc) is 2.27. The summed E-state index contributed by atoms with van der Waals surface area (Å²) in [4.78, 5) is 0. The summed E-state index contributed by atoms with van der Waals surface area (Å²) in [5.41, 5.74) is 0. The van der Waals surface area contributed by atoms with Crippen LogP contribution in [0.4, 0.5) is 0 Å². The van der Waals surface area contributed by atoms with E-state index in [1.165, 1.54) is 13.9 Å². The van der Waals surface area contributed by atoms with E-state index in [0.717, 1.165) is 0 Å². The zero-order valence-corrected chi connectivity index (χ0v) is 7.50. The van der Waals surface area contributed by atoms with Crippen LogP contribution in [0.3, 0.4) is 0 Å². The smallest absolute Gasteiger partial charge is 0.0711 e. The lowest BCUT2D eigenvalue weighted by atomic mass is 10.3. The molecule has 0 aliphatic heterocycles. The molecule has 0 fully saturated rings. The van der Waals surface area contributed by atoms with E-state index in [4.69, 9.17) is 0 Å².